The van der Waals surface area contributed by atoms with E-state index in [1.807, 2.05) is 0 Å². The summed E-state index contributed by atoms with van der Waals surface area (Å²) in [6.07, 6.45) is 1.59. The number of rotatable bonds is 5. The molecule has 0 spiro atoms. The van der Waals surface area contributed by atoms with Crippen LogP contribution in [0.4, 0.5) is 3.89 Å². The molecule has 1 N–H and O–H groups in total. The molecule has 1 aliphatic heterocycles. The Labute approximate surface area is 123 Å². The van der Waals surface area contributed by atoms with Crippen molar-refractivity contribution in [3.05, 3.63) is 24.3 Å². The third kappa shape index (κ3) is 4.47. The Morgan fingerprint density at radius 3 is 2.10 bits per heavy atom. The van der Waals surface area contributed by atoms with Crippen molar-refractivity contribution in [3.63, 3.8) is 0 Å². The lowest BCUT2D eigenvalue weighted by Crippen LogP contribution is -2.32. The van der Waals surface area contributed by atoms with Gasteiger partial charge in [-0.1, -0.05) is 0 Å². The summed E-state index contributed by atoms with van der Waals surface area (Å²) >= 11 is 0. The average molecular weight is 337 g/mol. The van der Waals surface area contributed by atoms with Gasteiger partial charge in [0.1, 0.15) is 0 Å². The standard InChI is InChI=1S/C12H16FNO5S2/c13-20(15,16)11-1-3-12(4-2-11)21(17,18)14-9-10-5-7-19-8-6-10/h1-4,10,14H,5-9H2. The monoisotopic (exact) mass is 337 g/mol. The average Bonchev–Trinajstić information content (AvgIpc) is 2.46. The Kier molecular flexibility index (Phi) is 4.97. The van der Waals surface area contributed by atoms with Crippen molar-refractivity contribution >= 4 is 20.2 Å². The molecule has 1 aliphatic rings. The number of nitrogens with one attached hydrogen (secondary N) is 1. The number of hydrogen-bond acceptors (Lipinski definition) is 5. The third-order valence-electron chi connectivity index (χ3n) is 3.32. The van der Waals surface area contributed by atoms with Crippen LogP contribution >= 0.6 is 0 Å². The topological polar surface area (TPSA) is 89.5 Å². The number of sulfonamides is 1. The van der Waals surface area contributed by atoms with Crippen molar-refractivity contribution in [2.75, 3.05) is 19.8 Å². The van der Waals surface area contributed by atoms with Crippen LogP contribution in [-0.2, 0) is 25.0 Å². The summed E-state index contributed by atoms with van der Waals surface area (Å²) in [4.78, 5) is -0.659. The van der Waals surface area contributed by atoms with E-state index in [1.165, 1.54) is 0 Å². The second-order valence-corrected chi connectivity index (χ2v) is 7.93. The van der Waals surface area contributed by atoms with Crippen LogP contribution in [0.15, 0.2) is 34.1 Å². The van der Waals surface area contributed by atoms with Gasteiger partial charge in [-0.2, -0.15) is 8.42 Å². The zero-order valence-electron chi connectivity index (χ0n) is 11.2. The first-order valence-electron chi connectivity index (χ1n) is 6.41. The Morgan fingerprint density at radius 2 is 1.57 bits per heavy atom. The van der Waals surface area contributed by atoms with E-state index in [1.54, 1.807) is 0 Å². The van der Waals surface area contributed by atoms with E-state index < -0.39 is 25.1 Å². The minimum atomic E-state index is -4.82. The van der Waals surface area contributed by atoms with Gasteiger partial charge in [-0.15, -0.1) is 3.89 Å². The van der Waals surface area contributed by atoms with Crippen molar-refractivity contribution in [1.82, 2.24) is 4.72 Å². The normalized spacial score (nSPS) is 17.8. The van der Waals surface area contributed by atoms with Crippen LogP contribution in [0.5, 0.6) is 0 Å². The first-order valence-corrected chi connectivity index (χ1v) is 9.28. The molecule has 1 aromatic rings. The maximum absolute atomic E-state index is 12.7. The lowest BCUT2D eigenvalue weighted by atomic mass is 10.0. The largest absolute Gasteiger partial charge is 0.381 e. The quantitative estimate of drug-likeness (QED) is 0.811. The molecule has 2 rings (SSSR count). The summed E-state index contributed by atoms with van der Waals surface area (Å²) < 4.78 is 65.9. The summed E-state index contributed by atoms with van der Waals surface area (Å²) in [6, 6.07) is 3.99. The van der Waals surface area contributed by atoms with Crippen molar-refractivity contribution in [3.8, 4) is 0 Å². The molecule has 0 saturated carbocycles. The Bertz CT molecular complexity index is 679. The van der Waals surface area contributed by atoms with Crippen LogP contribution in [0.3, 0.4) is 0 Å². The molecule has 0 amide bonds. The van der Waals surface area contributed by atoms with Crippen molar-refractivity contribution in [1.29, 1.82) is 0 Å². The molecule has 1 saturated heterocycles. The van der Waals surface area contributed by atoms with Crippen LogP contribution in [-0.4, -0.2) is 36.6 Å². The van der Waals surface area contributed by atoms with Gasteiger partial charge in [0.05, 0.1) is 9.79 Å². The van der Waals surface area contributed by atoms with Crippen molar-refractivity contribution < 1.29 is 25.5 Å². The molecule has 21 heavy (non-hydrogen) atoms. The highest BCUT2D eigenvalue weighted by Crippen LogP contribution is 2.18. The van der Waals surface area contributed by atoms with Gasteiger partial charge in [0.25, 0.3) is 0 Å². The molecule has 118 valence electrons. The van der Waals surface area contributed by atoms with E-state index >= 15 is 0 Å². The molecule has 0 unspecified atom stereocenters. The van der Waals surface area contributed by atoms with Crippen molar-refractivity contribution in [2.45, 2.75) is 22.6 Å². The molecule has 1 aromatic carbocycles. The van der Waals surface area contributed by atoms with Crippen LogP contribution in [0, 0.1) is 5.92 Å². The fraction of sp³-hybridized carbons (Fsp3) is 0.500. The molecule has 1 fully saturated rings. The molecular formula is C12H16FNO5S2. The summed E-state index contributed by atoms with van der Waals surface area (Å²) in [5.41, 5.74) is 0. The predicted molar refractivity (Wildman–Crippen MR) is 73.5 cm³/mol. The van der Waals surface area contributed by atoms with Gasteiger partial charge < -0.3 is 4.74 Å². The van der Waals surface area contributed by atoms with Gasteiger partial charge >= 0.3 is 10.2 Å². The number of benzene rings is 1. The van der Waals surface area contributed by atoms with E-state index in [0.717, 1.165) is 37.1 Å². The van der Waals surface area contributed by atoms with Gasteiger partial charge in [0, 0.05) is 19.8 Å². The zero-order valence-corrected chi connectivity index (χ0v) is 12.8. The van der Waals surface area contributed by atoms with Gasteiger partial charge in [-0.05, 0) is 43.0 Å². The Morgan fingerprint density at radius 1 is 1.05 bits per heavy atom. The van der Waals surface area contributed by atoms with Gasteiger partial charge in [-0.25, -0.2) is 13.1 Å². The number of hydrogen-bond donors (Lipinski definition) is 1. The van der Waals surface area contributed by atoms with Crippen LogP contribution < -0.4 is 4.72 Å². The maximum Gasteiger partial charge on any atom is 0.332 e. The van der Waals surface area contributed by atoms with Gasteiger partial charge in [0.2, 0.25) is 10.0 Å². The SMILES string of the molecule is O=S(=O)(F)c1ccc(S(=O)(=O)NCC2CCOCC2)cc1. The number of halogens is 1. The van der Waals surface area contributed by atoms with Crippen LogP contribution in [0.1, 0.15) is 12.8 Å². The minimum absolute atomic E-state index is 0.0954. The molecular weight excluding hydrogens is 321 g/mol. The fourth-order valence-electron chi connectivity index (χ4n) is 2.04. The summed E-state index contributed by atoms with van der Waals surface area (Å²) in [6.45, 7) is 1.54. The summed E-state index contributed by atoms with van der Waals surface area (Å²) in [7, 11) is -8.55. The van der Waals surface area contributed by atoms with Gasteiger partial charge in [0.15, 0.2) is 0 Å². The molecule has 0 aliphatic carbocycles. The second-order valence-electron chi connectivity index (χ2n) is 4.82. The highest BCUT2D eigenvalue weighted by molar-refractivity contribution is 7.89. The lowest BCUT2D eigenvalue weighted by Gasteiger charge is -2.22. The van der Waals surface area contributed by atoms with E-state index in [4.69, 9.17) is 4.74 Å². The third-order valence-corrected chi connectivity index (χ3v) is 5.59. The molecule has 0 bridgehead atoms. The molecule has 1 heterocycles. The van der Waals surface area contributed by atoms with Crippen LogP contribution in [0.25, 0.3) is 0 Å². The molecule has 6 nitrogen and oxygen atoms in total. The van der Waals surface area contributed by atoms with Crippen molar-refractivity contribution in [2.24, 2.45) is 5.92 Å². The van der Waals surface area contributed by atoms with Gasteiger partial charge in [-0.3, -0.25) is 0 Å². The summed E-state index contributed by atoms with van der Waals surface area (Å²) in [5, 5.41) is 0. The zero-order chi connectivity index (χ0) is 15.5. The fourth-order valence-corrected chi connectivity index (χ4v) is 3.62. The molecule has 0 radical (unpaired) electrons. The van der Waals surface area contributed by atoms with E-state index in [0.29, 0.717) is 19.8 Å². The number of ether oxygens (including phenoxy) is 1. The highest BCUT2D eigenvalue weighted by atomic mass is 32.3. The Hall–Kier alpha value is -1.03. The van der Waals surface area contributed by atoms with E-state index in [-0.39, 0.29) is 10.8 Å². The Balaban J connectivity index is 2.05. The summed E-state index contributed by atoms with van der Waals surface area (Å²) in [5.74, 6) is 0.221. The first kappa shape index (κ1) is 16.3. The lowest BCUT2D eigenvalue weighted by molar-refractivity contribution is 0.0678. The molecule has 9 heteroatoms. The predicted octanol–water partition coefficient (Wildman–Crippen LogP) is 1.05. The maximum atomic E-state index is 12.7. The minimum Gasteiger partial charge on any atom is -0.381 e. The first-order chi connectivity index (χ1) is 9.79. The van der Waals surface area contributed by atoms with E-state index in [9.17, 15) is 20.7 Å². The van der Waals surface area contributed by atoms with Crippen LogP contribution in [0.2, 0.25) is 0 Å². The van der Waals surface area contributed by atoms with E-state index in [2.05, 4.69) is 4.72 Å². The molecule has 0 aromatic heterocycles. The highest BCUT2D eigenvalue weighted by Gasteiger charge is 2.20. The molecule has 0 atom stereocenters. The smallest absolute Gasteiger partial charge is 0.332 e. The second kappa shape index (κ2) is 6.39.